The molecule has 0 fully saturated rings. The second kappa shape index (κ2) is 9.92. The molecule has 1 atom stereocenters. The Bertz CT molecular complexity index is 591. The summed E-state index contributed by atoms with van der Waals surface area (Å²) < 4.78 is 2.19. The van der Waals surface area contributed by atoms with E-state index in [9.17, 15) is 0 Å². The molecule has 0 aliphatic rings. The van der Waals surface area contributed by atoms with Gasteiger partial charge in [0.2, 0.25) is 0 Å². The van der Waals surface area contributed by atoms with E-state index in [0.717, 1.165) is 18.3 Å². The summed E-state index contributed by atoms with van der Waals surface area (Å²) >= 11 is 1.75. The number of aliphatic imine (C=N–C) groups is 1. The molecule has 1 unspecified atom stereocenters. The molecule has 2 aromatic heterocycles. The van der Waals surface area contributed by atoms with Gasteiger partial charge < -0.3 is 15.2 Å². The van der Waals surface area contributed by atoms with E-state index in [1.54, 1.807) is 18.4 Å². The molecule has 0 aromatic carbocycles. The van der Waals surface area contributed by atoms with Crippen molar-refractivity contribution in [2.45, 2.75) is 39.9 Å². The van der Waals surface area contributed by atoms with Crippen molar-refractivity contribution >= 4 is 41.3 Å². The van der Waals surface area contributed by atoms with Crippen molar-refractivity contribution in [2.24, 2.45) is 10.9 Å². The van der Waals surface area contributed by atoms with E-state index in [-0.39, 0.29) is 30.0 Å². The highest BCUT2D eigenvalue weighted by molar-refractivity contribution is 14.0. The van der Waals surface area contributed by atoms with Crippen LogP contribution in [-0.4, -0.2) is 22.6 Å². The maximum atomic E-state index is 4.42. The smallest absolute Gasteiger partial charge is 0.191 e. The molecule has 0 spiro atoms. The molecular weight excluding hydrogens is 421 g/mol. The zero-order valence-corrected chi connectivity index (χ0v) is 17.3. The standard InChI is InChI=1S/C16H25N5S.HI/c1-12(2)11-21-8-7-18-15(21)10-19-16(17-4)20-13(3)14-6-5-9-22-14;/h5-9,12-13H,10-11H2,1-4H3,(H2,17,19,20);1H. The van der Waals surface area contributed by atoms with Gasteiger partial charge in [-0.1, -0.05) is 19.9 Å². The van der Waals surface area contributed by atoms with Crippen molar-refractivity contribution in [1.82, 2.24) is 20.2 Å². The van der Waals surface area contributed by atoms with Crippen LogP contribution >= 0.6 is 35.3 Å². The Hall–Kier alpha value is -1.09. The third kappa shape index (κ3) is 6.14. The van der Waals surface area contributed by atoms with E-state index in [4.69, 9.17) is 0 Å². The van der Waals surface area contributed by atoms with Crippen LogP contribution in [0.2, 0.25) is 0 Å². The van der Waals surface area contributed by atoms with Gasteiger partial charge in [0.1, 0.15) is 5.82 Å². The molecule has 0 bridgehead atoms. The maximum absolute atomic E-state index is 4.42. The summed E-state index contributed by atoms with van der Waals surface area (Å²) in [6.07, 6.45) is 3.88. The molecule has 7 heteroatoms. The van der Waals surface area contributed by atoms with Gasteiger partial charge in [-0.05, 0) is 24.3 Å². The fourth-order valence-electron chi connectivity index (χ4n) is 2.24. The summed E-state index contributed by atoms with van der Waals surface area (Å²) in [6, 6.07) is 4.43. The summed E-state index contributed by atoms with van der Waals surface area (Å²) in [4.78, 5) is 10.0. The number of guanidine groups is 1. The topological polar surface area (TPSA) is 54.2 Å². The number of hydrogen-bond acceptors (Lipinski definition) is 3. The van der Waals surface area contributed by atoms with Gasteiger partial charge in [0, 0.05) is 30.9 Å². The molecule has 0 radical (unpaired) electrons. The van der Waals surface area contributed by atoms with E-state index in [0.29, 0.717) is 12.5 Å². The number of nitrogens with zero attached hydrogens (tertiary/aromatic N) is 3. The maximum Gasteiger partial charge on any atom is 0.191 e. The Morgan fingerprint density at radius 2 is 2.17 bits per heavy atom. The first-order valence-electron chi connectivity index (χ1n) is 7.60. The zero-order valence-electron chi connectivity index (χ0n) is 14.1. The van der Waals surface area contributed by atoms with E-state index in [1.165, 1.54) is 4.88 Å². The van der Waals surface area contributed by atoms with Crippen molar-refractivity contribution in [3.63, 3.8) is 0 Å². The fourth-order valence-corrected chi connectivity index (χ4v) is 2.97. The molecular formula is C16H26IN5S. The monoisotopic (exact) mass is 447 g/mol. The Balaban J connectivity index is 0.00000264. The number of halogens is 1. The molecule has 2 aromatic rings. The number of nitrogens with one attached hydrogen (secondary N) is 2. The van der Waals surface area contributed by atoms with Crippen molar-refractivity contribution in [3.8, 4) is 0 Å². The normalized spacial score (nSPS) is 12.8. The highest BCUT2D eigenvalue weighted by Crippen LogP contribution is 2.17. The molecule has 0 amide bonds. The lowest BCUT2D eigenvalue weighted by atomic mass is 10.2. The van der Waals surface area contributed by atoms with Crippen LogP contribution in [0, 0.1) is 5.92 Å². The van der Waals surface area contributed by atoms with Gasteiger partial charge in [-0.3, -0.25) is 4.99 Å². The van der Waals surface area contributed by atoms with Crippen molar-refractivity contribution in [1.29, 1.82) is 0 Å². The predicted octanol–water partition coefficient (Wildman–Crippen LogP) is 3.64. The van der Waals surface area contributed by atoms with Gasteiger partial charge in [0.25, 0.3) is 0 Å². The lowest BCUT2D eigenvalue weighted by molar-refractivity contribution is 0.503. The Morgan fingerprint density at radius 3 is 2.78 bits per heavy atom. The number of hydrogen-bond donors (Lipinski definition) is 2. The van der Waals surface area contributed by atoms with Gasteiger partial charge in [-0.25, -0.2) is 4.98 Å². The van der Waals surface area contributed by atoms with Crippen molar-refractivity contribution in [3.05, 3.63) is 40.6 Å². The predicted molar refractivity (Wildman–Crippen MR) is 109 cm³/mol. The first-order valence-corrected chi connectivity index (χ1v) is 8.48. The first-order chi connectivity index (χ1) is 10.6. The van der Waals surface area contributed by atoms with Crippen LogP contribution in [0.3, 0.4) is 0 Å². The lowest BCUT2D eigenvalue weighted by Gasteiger charge is -2.17. The van der Waals surface area contributed by atoms with Gasteiger partial charge >= 0.3 is 0 Å². The van der Waals surface area contributed by atoms with E-state index in [2.05, 4.69) is 63.5 Å². The number of imidazole rings is 1. The minimum atomic E-state index is 0. The van der Waals surface area contributed by atoms with Crippen molar-refractivity contribution < 1.29 is 0 Å². The van der Waals surface area contributed by atoms with Crippen LogP contribution in [0.1, 0.15) is 37.5 Å². The van der Waals surface area contributed by atoms with Crippen LogP contribution in [0.15, 0.2) is 34.9 Å². The summed E-state index contributed by atoms with van der Waals surface area (Å²) in [5.74, 6) is 2.42. The molecule has 0 aliphatic heterocycles. The quantitative estimate of drug-likeness (QED) is 0.404. The molecule has 128 valence electrons. The highest BCUT2D eigenvalue weighted by Gasteiger charge is 2.10. The minimum Gasteiger partial charge on any atom is -0.349 e. The SMILES string of the molecule is CN=C(NCc1nccn1CC(C)C)NC(C)c1cccs1.I. The average Bonchev–Trinajstić information content (AvgIpc) is 3.14. The van der Waals surface area contributed by atoms with Gasteiger partial charge in [-0.15, -0.1) is 35.3 Å². The summed E-state index contributed by atoms with van der Waals surface area (Å²) in [7, 11) is 1.79. The Labute approximate surface area is 159 Å². The second-order valence-corrected chi connectivity index (χ2v) is 6.68. The molecule has 23 heavy (non-hydrogen) atoms. The number of aromatic nitrogens is 2. The third-order valence-electron chi connectivity index (χ3n) is 3.32. The number of rotatable bonds is 6. The van der Waals surface area contributed by atoms with E-state index in [1.807, 2.05) is 12.4 Å². The van der Waals surface area contributed by atoms with Gasteiger partial charge in [-0.2, -0.15) is 0 Å². The highest BCUT2D eigenvalue weighted by atomic mass is 127. The number of thiophene rings is 1. The van der Waals surface area contributed by atoms with Crippen LogP contribution in [0.4, 0.5) is 0 Å². The van der Waals surface area contributed by atoms with Gasteiger partial charge in [0.15, 0.2) is 5.96 Å². The zero-order chi connectivity index (χ0) is 15.9. The summed E-state index contributed by atoms with van der Waals surface area (Å²) in [5, 5.41) is 8.83. The van der Waals surface area contributed by atoms with Gasteiger partial charge in [0.05, 0.1) is 12.6 Å². The fraction of sp³-hybridized carbons (Fsp3) is 0.500. The third-order valence-corrected chi connectivity index (χ3v) is 4.38. The molecule has 2 heterocycles. The first kappa shape index (κ1) is 20.0. The average molecular weight is 447 g/mol. The van der Waals surface area contributed by atoms with Crippen LogP contribution in [0.5, 0.6) is 0 Å². The largest absolute Gasteiger partial charge is 0.349 e. The molecule has 2 N–H and O–H groups in total. The summed E-state index contributed by atoms with van der Waals surface area (Å²) in [6.45, 7) is 8.20. The van der Waals surface area contributed by atoms with E-state index >= 15 is 0 Å². The van der Waals surface area contributed by atoms with Crippen molar-refractivity contribution in [2.75, 3.05) is 7.05 Å². The van der Waals surface area contributed by atoms with Crippen LogP contribution in [-0.2, 0) is 13.1 Å². The minimum absolute atomic E-state index is 0. The Morgan fingerprint density at radius 1 is 1.39 bits per heavy atom. The molecule has 0 aliphatic carbocycles. The molecule has 5 nitrogen and oxygen atoms in total. The lowest BCUT2D eigenvalue weighted by Crippen LogP contribution is -2.38. The molecule has 0 saturated carbocycles. The van der Waals surface area contributed by atoms with Crippen LogP contribution < -0.4 is 10.6 Å². The second-order valence-electron chi connectivity index (χ2n) is 5.70. The molecule has 0 saturated heterocycles. The van der Waals surface area contributed by atoms with E-state index < -0.39 is 0 Å². The summed E-state index contributed by atoms with van der Waals surface area (Å²) in [5.41, 5.74) is 0. The van der Waals surface area contributed by atoms with Crippen LogP contribution in [0.25, 0.3) is 0 Å². The Kier molecular flexibility index (Phi) is 8.60. The molecule has 2 rings (SSSR count).